The van der Waals surface area contributed by atoms with E-state index in [4.69, 9.17) is 0 Å². The zero-order valence-corrected chi connectivity index (χ0v) is 9.83. The van der Waals surface area contributed by atoms with Crippen LogP contribution in [0.1, 0.15) is 34.1 Å². The summed E-state index contributed by atoms with van der Waals surface area (Å²) in [5.41, 5.74) is -3.69. The van der Waals surface area contributed by atoms with E-state index in [1.165, 1.54) is 7.11 Å². The van der Waals surface area contributed by atoms with Crippen LogP contribution < -0.4 is 0 Å². The Morgan fingerprint density at radius 3 is 2.07 bits per heavy atom. The molecule has 0 spiro atoms. The number of carbonyl (C=O) groups is 1. The van der Waals surface area contributed by atoms with Crippen LogP contribution in [0.5, 0.6) is 0 Å². The summed E-state index contributed by atoms with van der Waals surface area (Å²) in [5.74, 6) is -0.751. The monoisotopic (exact) mass is 216 g/mol. The largest absolute Gasteiger partial charge is 0.467 e. The second kappa shape index (κ2) is 3.17. The maximum Gasteiger partial charge on any atom is 0.339 e. The summed E-state index contributed by atoms with van der Waals surface area (Å²) in [7, 11) is 1.21. The Labute approximate surface area is 89.6 Å². The maximum absolute atomic E-state index is 11.9. The van der Waals surface area contributed by atoms with E-state index < -0.39 is 22.6 Å². The summed E-state index contributed by atoms with van der Waals surface area (Å²) in [4.78, 5) is 11.5. The molecule has 0 bridgehead atoms. The predicted molar refractivity (Wildman–Crippen MR) is 52.3 cm³/mol. The van der Waals surface area contributed by atoms with Crippen LogP contribution in [0.25, 0.3) is 0 Å². The van der Waals surface area contributed by atoms with Crippen LogP contribution in [0.15, 0.2) is 0 Å². The second-order valence-corrected chi connectivity index (χ2v) is 5.19. The molecule has 1 atom stereocenters. The number of methoxy groups -OCH3 is 1. The highest BCUT2D eigenvalue weighted by atomic mass is 16.6. The second-order valence-electron chi connectivity index (χ2n) is 5.19. The van der Waals surface area contributed by atoms with Gasteiger partial charge in [-0.2, -0.15) is 0 Å². The van der Waals surface area contributed by atoms with Crippen molar-refractivity contribution in [2.45, 2.75) is 50.8 Å². The highest BCUT2D eigenvalue weighted by Crippen LogP contribution is 2.47. The number of esters is 1. The van der Waals surface area contributed by atoms with Gasteiger partial charge in [-0.1, -0.05) is 0 Å². The number of ether oxygens (including phenoxy) is 1. The molecule has 1 aliphatic rings. The lowest BCUT2D eigenvalue weighted by atomic mass is 9.82. The Balaban J connectivity index is 3.18. The Morgan fingerprint density at radius 1 is 1.33 bits per heavy atom. The highest BCUT2D eigenvalue weighted by molar-refractivity contribution is 5.82. The number of hydrogen-bond donors (Lipinski definition) is 1. The number of hydrogen-bond acceptors (Lipinski definition) is 4. The maximum atomic E-state index is 11.9. The van der Waals surface area contributed by atoms with Crippen molar-refractivity contribution in [3.05, 3.63) is 0 Å². The van der Waals surface area contributed by atoms with Gasteiger partial charge < -0.3 is 9.84 Å². The lowest BCUT2D eigenvalue weighted by molar-refractivity contribution is -0.261. The van der Waals surface area contributed by atoms with Crippen molar-refractivity contribution in [1.82, 2.24) is 5.06 Å². The smallest absolute Gasteiger partial charge is 0.339 e. The van der Waals surface area contributed by atoms with Crippen molar-refractivity contribution < 1.29 is 19.8 Å². The SMILES string of the molecule is COC(=O)C1(O)CC(C)(C)N([O])C1(C)C. The molecular weight excluding hydrogens is 198 g/mol. The first kappa shape index (κ1) is 12.4. The molecule has 1 radical (unpaired) electrons. The van der Waals surface area contributed by atoms with E-state index in [-0.39, 0.29) is 6.42 Å². The number of rotatable bonds is 1. The topological polar surface area (TPSA) is 69.7 Å². The van der Waals surface area contributed by atoms with Crippen LogP contribution >= 0.6 is 0 Å². The van der Waals surface area contributed by atoms with E-state index in [0.29, 0.717) is 0 Å². The van der Waals surface area contributed by atoms with Crippen molar-refractivity contribution in [2.75, 3.05) is 7.11 Å². The van der Waals surface area contributed by atoms with E-state index in [2.05, 4.69) is 4.74 Å². The van der Waals surface area contributed by atoms with Gasteiger partial charge in [0.25, 0.3) is 0 Å². The molecule has 0 saturated carbocycles. The molecule has 0 amide bonds. The molecular formula is C10H18NO4. The molecule has 5 heteroatoms. The normalized spacial score (nSPS) is 34.1. The Kier molecular flexibility index (Phi) is 2.62. The molecule has 5 nitrogen and oxygen atoms in total. The van der Waals surface area contributed by atoms with Gasteiger partial charge in [-0.05, 0) is 27.7 Å². The molecule has 0 aromatic carbocycles. The van der Waals surface area contributed by atoms with Crippen LogP contribution in [0, 0.1) is 0 Å². The van der Waals surface area contributed by atoms with E-state index in [0.717, 1.165) is 5.06 Å². The quantitative estimate of drug-likeness (QED) is 0.648. The van der Waals surface area contributed by atoms with Gasteiger partial charge in [-0.25, -0.2) is 4.79 Å². The van der Waals surface area contributed by atoms with Crippen LogP contribution in [0.3, 0.4) is 0 Å². The van der Waals surface area contributed by atoms with Crippen molar-refractivity contribution in [2.24, 2.45) is 0 Å². The third kappa shape index (κ3) is 1.46. The minimum Gasteiger partial charge on any atom is -0.467 e. The lowest BCUT2D eigenvalue weighted by Crippen LogP contribution is -2.58. The Morgan fingerprint density at radius 2 is 1.80 bits per heavy atom. The minimum absolute atomic E-state index is 0.0726. The summed E-state index contributed by atoms with van der Waals surface area (Å²) in [5, 5.41) is 23.0. The molecule has 1 unspecified atom stereocenters. The van der Waals surface area contributed by atoms with Crippen LogP contribution in [0.4, 0.5) is 0 Å². The Bertz CT molecular complexity index is 287. The zero-order chi connectivity index (χ0) is 12.1. The molecule has 1 aliphatic heterocycles. The van der Waals surface area contributed by atoms with E-state index >= 15 is 0 Å². The zero-order valence-electron chi connectivity index (χ0n) is 9.83. The lowest BCUT2D eigenvalue weighted by Gasteiger charge is -2.36. The molecule has 0 aromatic rings. The number of carbonyl (C=O) groups excluding carboxylic acids is 1. The van der Waals surface area contributed by atoms with Crippen molar-refractivity contribution in [3.63, 3.8) is 0 Å². The molecule has 1 saturated heterocycles. The number of nitrogens with zero attached hydrogens (tertiary/aromatic N) is 1. The summed E-state index contributed by atoms with van der Waals surface area (Å²) >= 11 is 0. The van der Waals surface area contributed by atoms with Crippen LogP contribution in [-0.4, -0.2) is 39.9 Å². The average Bonchev–Trinajstić information content (AvgIpc) is 2.24. The Hall–Kier alpha value is -0.650. The molecule has 15 heavy (non-hydrogen) atoms. The molecule has 1 heterocycles. The predicted octanol–water partition coefficient (Wildman–Crippen LogP) is 0.499. The molecule has 1 N–H and O–H groups in total. The van der Waals surface area contributed by atoms with Gasteiger partial charge in [0.2, 0.25) is 0 Å². The summed E-state index contributed by atoms with van der Waals surface area (Å²) in [6, 6.07) is 0. The van der Waals surface area contributed by atoms with Gasteiger partial charge in [-0.3, -0.25) is 0 Å². The van der Waals surface area contributed by atoms with Gasteiger partial charge in [0.1, 0.15) is 0 Å². The van der Waals surface area contributed by atoms with Gasteiger partial charge in [0.05, 0.1) is 12.6 Å². The summed E-state index contributed by atoms with van der Waals surface area (Å²) in [6.45, 7) is 6.49. The van der Waals surface area contributed by atoms with E-state index in [1.54, 1.807) is 27.7 Å². The van der Waals surface area contributed by atoms with Gasteiger partial charge in [0.15, 0.2) is 5.60 Å². The number of hydroxylamine groups is 2. The standard InChI is InChI=1S/C10H18NO4/c1-8(2)6-10(13,7(12)15-5)9(3,4)11(8)14/h13H,6H2,1-5H3. The number of aliphatic hydroxyl groups is 1. The molecule has 0 aliphatic carbocycles. The van der Waals surface area contributed by atoms with Crippen molar-refractivity contribution in [1.29, 1.82) is 0 Å². The van der Waals surface area contributed by atoms with Crippen LogP contribution in [-0.2, 0) is 14.7 Å². The van der Waals surface area contributed by atoms with Gasteiger partial charge in [0, 0.05) is 12.0 Å². The molecule has 1 fully saturated rings. The first-order valence-electron chi connectivity index (χ1n) is 4.88. The third-order valence-electron chi connectivity index (χ3n) is 3.28. The fraction of sp³-hybridized carbons (Fsp3) is 0.900. The molecule has 1 rings (SSSR count). The van der Waals surface area contributed by atoms with Crippen molar-refractivity contribution >= 4 is 5.97 Å². The van der Waals surface area contributed by atoms with E-state index in [9.17, 15) is 15.1 Å². The fourth-order valence-corrected chi connectivity index (χ4v) is 2.33. The van der Waals surface area contributed by atoms with Crippen molar-refractivity contribution in [3.8, 4) is 0 Å². The summed E-state index contributed by atoms with van der Waals surface area (Å²) < 4.78 is 4.56. The molecule has 0 aromatic heterocycles. The van der Waals surface area contributed by atoms with Gasteiger partial charge in [-0.15, -0.1) is 10.3 Å². The summed E-state index contributed by atoms with van der Waals surface area (Å²) in [6.07, 6.45) is 0.0726. The van der Waals surface area contributed by atoms with E-state index in [1.807, 2.05) is 0 Å². The fourth-order valence-electron chi connectivity index (χ4n) is 2.33. The first-order chi connectivity index (χ1) is 6.59. The highest BCUT2D eigenvalue weighted by Gasteiger charge is 2.65. The first-order valence-corrected chi connectivity index (χ1v) is 4.88. The average molecular weight is 216 g/mol. The molecule has 87 valence electrons. The third-order valence-corrected chi connectivity index (χ3v) is 3.28. The minimum atomic E-state index is -1.74. The van der Waals surface area contributed by atoms with Gasteiger partial charge >= 0.3 is 5.97 Å². The van der Waals surface area contributed by atoms with Crippen LogP contribution in [0.2, 0.25) is 0 Å².